The van der Waals surface area contributed by atoms with Gasteiger partial charge in [0, 0.05) is 22.9 Å². The summed E-state index contributed by atoms with van der Waals surface area (Å²) in [7, 11) is 0. The van der Waals surface area contributed by atoms with E-state index in [1.807, 2.05) is 42.5 Å². The highest BCUT2D eigenvalue weighted by Gasteiger charge is 2.19. The topological polar surface area (TPSA) is 56.1 Å². The van der Waals surface area contributed by atoms with E-state index in [-0.39, 0.29) is 5.69 Å². The Morgan fingerprint density at radius 3 is 2.71 bits per heavy atom. The van der Waals surface area contributed by atoms with Crippen LogP contribution in [0.1, 0.15) is 0 Å². The van der Waals surface area contributed by atoms with E-state index >= 15 is 0 Å². The number of para-hydroxylation sites is 1. The highest BCUT2D eigenvalue weighted by Crippen LogP contribution is 2.25. The number of nitrogens with one attached hydrogen (secondary N) is 1. The van der Waals surface area contributed by atoms with Gasteiger partial charge in [-0.3, -0.25) is 4.57 Å². The molecule has 6 heteroatoms. The van der Waals surface area contributed by atoms with Crippen LogP contribution in [0.4, 0.5) is 5.82 Å². The zero-order valence-corrected chi connectivity index (χ0v) is 13.7. The molecule has 0 aliphatic carbocycles. The Hall–Kier alpha value is -2.37. The number of hydrogen-bond donors (Lipinski definition) is 1. The molecule has 1 aromatic heterocycles. The van der Waals surface area contributed by atoms with Crippen LogP contribution < -0.4 is 11.0 Å². The molecule has 0 unspecified atom stereocenters. The number of ether oxygens (including phenoxy) is 1. The molecule has 4 rings (SSSR count). The first-order chi connectivity index (χ1) is 11.7. The van der Waals surface area contributed by atoms with Gasteiger partial charge >= 0.3 is 5.69 Å². The fourth-order valence-corrected chi connectivity index (χ4v) is 2.97. The highest BCUT2D eigenvalue weighted by atomic mass is 35.5. The Morgan fingerprint density at radius 1 is 1.21 bits per heavy atom. The maximum atomic E-state index is 12.6. The van der Waals surface area contributed by atoms with Gasteiger partial charge in [0.15, 0.2) is 0 Å². The van der Waals surface area contributed by atoms with Gasteiger partial charge in [-0.25, -0.2) is 4.79 Å². The quantitative estimate of drug-likeness (QED) is 0.792. The van der Waals surface area contributed by atoms with Crippen molar-refractivity contribution in [3.63, 3.8) is 0 Å². The summed E-state index contributed by atoms with van der Waals surface area (Å²) in [5.41, 5.74) is 1.17. The maximum Gasteiger partial charge on any atom is 0.354 e. The SMILES string of the molecule is O=c1nc(NCC2COC2)c2ccc(Cl)cc2n1-c1ccccc1. The third-order valence-electron chi connectivity index (χ3n) is 4.13. The lowest BCUT2D eigenvalue weighted by Crippen LogP contribution is -2.34. The van der Waals surface area contributed by atoms with Crippen molar-refractivity contribution in [1.82, 2.24) is 9.55 Å². The molecule has 0 atom stereocenters. The van der Waals surface area contributed by atoms with E-state index in [0.29, 0.717) is 16.8 Å². The van der Waals surface area contributed by atoms with Gasteiger partial charge in [-0.2, -0.15) is 4.98 Å². The largest absolute Gasteiger partial charge is 0.381 e. The minimum Gasteiger partial charge on any atom is -0.381 e. The van der Waals surface area contributed by atoms with Crippen LogP contribution >= 0.6 is 11.6 Å². The predicted octanol–water partition coefficient (Wildman–Crippen LogP) is 3.10. The van der Waals surface area contributed by atoms with E-state index in [0.717, 1.165) is 36.3 Å². The molecule has 122 valence electrons. The average molecular weight is 342 g/mol. The fraction of sp³-hybridized carbons (Fsp3) is 0.222. The Morgan fingerprint density at radius 2 is 2.00 bits per heavy atom. The highest BCUT2D eigenvalue weighted by molar-refractivity contribution is 6.31. The van der Waals surface area contributed by atoms with E-state index in [9.17, 15) is 4.79 Å². The maximum absolute atomic E-state index is 12.6. The van der Waals surface area contributed by atoms with E-state index in [2.05, 4.69) is 10.3 Å². The second-order valence-electron chi connectivity index (χ2n) is 5.86. The molecule has 1 N–H and O–H groups in total. The Bertz CT molecular complexity index is 936. The summed E-state index contributed by atoms with van der Waals surface area (Å²) in [6, 6.07) is 14.9. The van der Waals surface area contributed by atoms with Gasteiger partial charge in [0.1, 0.15) is 5.82 Å². The van der Waals surface area contributed by atoms with E-state index < -0.39 is 0 Å². The second kappa shape index (κ2) is 6.26. The monoisotopic (exact) mass is 341 g/mol. The number of anilines is 1. The smallest absolute Gasteiger partial charge is 0.354 e. The number of hydrogen-bond acceptors (Lipinski definition) is 4. The molecular weight excluding hydrogens is 326 g/mol. The number of benzene rings is 2. The molecule has 0 bridgehead atoms. The van der Waals surface area contributed by atoms with E-state index in [4.69, 9.17) is 16.3 Å². The van der Waals surface area contributed by atoms with Crippen molar-refractivity contribution >= 4 is 28.3 Å². The lowest BCUT2D eigenvalue weighted by molar-refractivity contribution is -0.0248. The van der Waals surface area contributed by atoms with E-state index in [1.165, 1.54) is 0 Å². The zero-order valence-electron chi connectivity index (χ0n) is 12.9. The Balaban J connectivity index is 1.86. The van der Waals surface area contributed by atoms with Crippen LogP contribution in [0.25, 0.3) is 16.6 Å². The van der Waals surface area contributed by atoms with Gasteiger partial charge in [0.05, 0.1) is 24.4 Å². The summed E-state index contributed by atoms with van der Waals surface area (Å²) in [6.45, 7) is 2.23. The normalized spacial score (nSPS) is 14.5. The van der Waals surface area contributed by atoms with E-state index in [1.54, 1.807) is 10.6 Å². The van der Waals surface area contributed by atoms with Crippen LogP contribution in [-0.4, -0.2) is 29.3 Å². The van der Waals surface area contributed by atoms with Crippen molar-refractivity contribution in [2.24, 2.45) is 5.92 Å². The van der Waals surface area contributed by atoms with Crippen LogP contribution in [-0.2, 0) is 4.74 Å². The van der Waals surface area contributed by atoms with Gasteiger partial charge in [-0.05, 0) is 30.3 Å². The first-order valence-electron chi connectivity index (χ1n) is 7.82. The summed E-state index contributed by atoms with van der Waals surface area (Å²) in [5, 5.41) is 4.72. The molecule has 2 aromatic carbocycles. The number of nitrogens with zero attached hydrogens (tertiary/aromatic N) is 2. The van der Waals surface area contributed by atoms with Gasteiger partial charge in [0.25, 0.3) is 0 Å². The van der Waals surface area contributed by atoms with Crippen molar-refractivity contribution in [3.05, 3.63) is 64.0 Å². The summed E-state index contributed by atoms with van der Waals surface area (Å²) in [4.78, 5) is 16.9. The van der Waals surface area contributed by atoms with Crippen molar-refractivity contribution < 1.29 is 4.74 Å². The van der Waals surface area contributed by atoms with Crippen LogP contribution in [0.3, 0.4) is 0 Å². The van der Waals surface area contributed by atoms with Crippen LogP contribution in [0.5, 0.6) is 0 Å². The third kappa shape index (κ3) is 2.77. The lowest BCUT2D eigenvalue weighted by Gasteiger charge is -2.26. The average Bonchev–Trinajstić information content (AvgIpc) is 2.54. The van der Waals surface area contributed by atoms with Gasteiger partial charge in [0.2, 0.25) is 0 Å². The number of halogens is 1. The lowest BCUT2D eigenvalue weighted by atomic mass is 10.1. The van der Waals surface area contributed by atoms with Crippen molar-refractivity contribution in [1.29, 1.82) is 0 Å². The minimum absolute atomic E-state index is 0.330. The molecule has 1 aliphatic heterocycles. The van der Waals surface area contributed by atoms with Gasteiger partial charge < -0.3 is 10.1 Å². The predicted molar refractivity (Wildman–Crippen MR) is 95.1 cm³/mol. The molecule has 1 aliphatic rings. The Kier molecular flexibility index (Phi) is 3.96. The molecule has 0 radical (unpaired) electrons. The standard InChI is InChI=1S/C18H16ClN3O2/c19-13-6-7-15-16(8-13)22(14-4-2-1-3-5-14)18(23)21-17(15)20-9-12-10-24-11-12/h1-8,12H,9-11H2,(H,20,21,23). The second-order valence-corrected chi connectivity index (χ2v) is 6.30. The van der Waals surface area contributed by atoms with Gasteiger partial charge in [-0.15, -0.1) is 0 Å². The molecule has 3 aromatic rings. The van der Waals surface area contributed by atoms with Crippen molar-refractivity contribution in [2.75, 3.05) is 25.1 Å². The molecule has 1 saturated heterocycles. The molecule has 24 heavy (non-hydrogen) atoms. The molecule has 5 nitrogen and oxygen atoms in total. The van der Waals surface area contributed by atoms with Crippen molar-refractivity contribution in [2.45, 2.75) is 0 Å². The first kappa shape index (κ1) is 15.2. The number of fused-ring (bicyclic) bond motifs is 1. The van der Waals surface area contributed by atoms with Gasteiger partial charge in [-0.1, -0.05) is 29.8 Å². The first-order valence-corrected chi connectivity index (χ1v) is 8.19. The molecule has 0 spiro atoms. The minimum atomic E-state index is -0.330. The molecule has 1 fully saturated rings. The van der Waals surface area contributed by atoms with Crippen molar-refractivity contribution in [3.8, 4) is 5.69 Å². The fourth-order valence-electron chi connectivity index (χ4n) is 2.80. The molecule has 2 heterocycles. The molecule has 0 amide bonds. The van der Waals surface area contributed by atoms with Crippen LogP contribution in [0.2, 0.25) is 5.02 Å². The van der Waals surface area contributed by atoms with Crippen LogP contribution in [0.15, 0.2) is 53.3 Å². The summed E-state index contributed by atoms with van der Waals surface area (Å²) in [6.07, 6.45) is 0. The number of aromatic nitrogens is 2. The summed E-state index contributed by atoms with van der Waals surface area (Å²) < 4.78 is 6.77. The molecule has 0 saturated carbocycles. The summed E-state index contributed by atoms with van der Waals surface area (Å²) >= 11 is 6.17. The number of rotatable bonds is 4. The summed E-state index contributed by atoms with van der Waals surface area (Å²) in [5.74, 6) is 1.05. The van der Waals surface area contributed by atoms with Crippen LogP contribution in [0, 0.1) is 5.92 Å². The third-order valence-corrected chi connectivity index (χ3v) is 4.37. The Labute approximate surface area is 143 Å². The molecular formula is C18H16ClN3O2. The zero-order chi connectivity index (χ0) is 16.5.